The van der Waals surface area contributed by atoms with Crippen molar-refractivity contribution >= 4 is 11.6 Å². The van der Waals surface area contributed by atoms with Crippen molar-refractivity contribution < 1.29 is 0 Å². The zero-order valence-corrected chi connectivity index (χ0v) is 10.5. The summed E-state index contributed by atoms with van der Waals surface area (Å²) in [5.74, 6) is 0. The van der Waals surface area contributed by atoms with Gasteiger partial charge in [-0.25, -0.2) is 0 Å². The average molecular weight is 239 g/mol. The highest BCUT2D eigenvalue weighted by Crippen LogP contribution is 2.21. The number of benzene rings is 1. The lowest BCUT2D eigenvalue weighted by atomic mass is 9.91. The molecule has 88 valence electrons. The lowest BCUT2D eigenvalue weighted by Gasteiger charge is -2.36. The fourth-order valence-electron chi connectivity index (χ4n) is 2.12. The van der Waals surface area contributed by atoms with Crippen LogP contribution in [0.5, 0.6) is 0 Å². The van der Waals surface area contributed by atoms with E-state index in [0.717, 1.165) is 37.5 Å². The molecular weight excluding hydrogens is 220 g/mol. The first-order chi connectivity index (χ1) is 7.55. The van der Waals surface area contributed by atoms with E-state index < -0.39 is 0 Å². The molecule has 1 heterocycles. The molecule has 1 fully saturated rings. The maximum absolute atomic E-state index is 6.11. The highest BCUT2D eigenvalue weighted by molar-refractivity contribution is 6.30. The van der Waals surface area contributed by atoms with Gasteiger partial charge in [0, 0.05) is 30.2 Å². The van der Waals surface area contributed by atoms with Crippen LogP contribution < -0.4 is 5.73 Å². The molecule has 1 aromatic rings. The Morgan fingerprint density at radius 3 is 2.69 bits per heavy atom. The van der Waals surface area contributed by atoms with Crippen molar-refractivity contribution in [3.63, 3.8) is 0 Å². The largest absolute Gasteiger partial charge is 0.325 e. The predicted molar refractivity (Wildman–Crippen MR) is 68.6 cm³/mol. The zero-order chi connectivity index (χ0) is 11.6. The van der Waals surface area contributed by atoms with Gasteiger partial charge in [0.1, 0.15) is 0 Å². The van der Waals surface area contributed by atoms with Crippen LogP contribution in [0.4, 0.5) is 0 Å². The second kappa shape index (κ2) is 4.74. The normalized spacial score (nSPS) is 20.9. The van der Waals surface area contributed by atoms with E-state index in [1.54, 1.807) is 0 Å². The first kappa shape index (κ1) is 11.9. The number of hydrogen-bond donors (Lipinski definition) is 1. The van der Waals surface area contributed by atoms with E-state index in [0.29, 0.717) is 0 Å². The summed E-state index contributed by atoms with van der Waals surface area (Å²) in [6.45, 7) is 5.29. The Labute approximate surface area is 102 Å². The van der Waals surface area contributed by atoms with Gasteiger partial charge in [0.25, 0.3) is 0 Å². The van der Waals surface area contributed by atoms with Crippen molar-refractivity contribution in [1.82, 2.24) is 4.90 Å². The van der Waals surface area contributed by atoms with Gasteiger partial charge in [-0.3, -0.25) is 4.90 Å². The molecule has 0 bridgehead atoms. The summed E-state index contributed by atoms with van der Waals surface area (Å²) < 4.78 is 0. The number of hydrogen-bond acceptors (Lipinski definition) is 2. The van der Waals surface area contributed by atoms with E-state index in [4.69, 9.17) is 17.3 Å². The molecule has 0 saturated carbocycles. The van der Waals surface area contributed by atoms with Gasteiger partial charge in [0.05, 0.1) is 0 Å². The molecule has 1 aliphatic rings. The maximum Gasteiger partial charge on any atom is 0.0409 e. The van der Waals surface area contributed by atoms with Crippen LogP contribution in [0.15, 0.2) is 24.3 Å². The lowest BCUT2D eigenvalue weighted by molar-refractivity contribution is 0.165. The van der Waals surface area contributed by atoms with Gasteiger partial charge in [0.2, 0.25) is 0 Å². The second-order valence-electron chi connectivity index (χ2n) is 5.06. The van der Waals surface area contributed by atoms with Crippen molar-refractivity contribution in [2.75, 3.05) is 13.1 Å². The minimum Gasteiger partial charge on any atom is -0.325 e. The van der Waals surface area contributed by atoms with Crippen LogP contribution in [0.2, 0.25) is 5.02 Å². The van der Waals surface area contributed by atoms with Crippen LogP contribution in [0.1, 0.15) is 25.3 Å². The summed E-state index contributed by atoms with van der Waals surface area (Å²) in [5.41, 5.74) is 7.43. The van der Waals surface area contributed by atoms with E-state index in [-0.39, 0.29) is 5.54 Å². The summed E-state index contributed by atoms with van der Waals surface area (Å²) in [6, 6.07) is 8.09. The molecule has 2 nitrogen and oxygen atoms in total. The quantitative estimate of drug-likeness (QED) is 0.859. The number of nitrogens with zero attached hydrogens (tertiary/aromatic N) is 1. The molecule has 0 aliphatic carbocycles. The fourth-order valence-corrected chi connectivity index (χ4v) is 2.33. The molecule has 1 aliphatic heterocycles. The number of rotatable bonds is 2. The molecule has 0 spiro atoms. The van der Waals surface area contributed by atoms with Crippen LogP contribution >= 0.6 is 11.6 Å². The molecule has 2 rings (SSSR count). The van der Waals surface area contributed by atoms with Gasteiger partial charge in [-0.05, 0) is 37.5 Å². The van der Waals surface area contributed by atoms with Gasteiger partial charge in [-0.15, -0.1) is 0 Å². The summed E-state index contributed by atoms with van der Waals surface area (Å²) in [4.78, 5) is 2.44. The van der Waals surface area contributed by atoms with Crippen molar-refractivity contribution in [3.05, 3.63) is 34.9 Å². The molecule has 0 unspecified atom stereocenters. The summed E-state index contributed by atoms with van der Waals surface area (Å²) in [7, 11) is 0. The minimum absolute atomic E-state index is 0.0326. The Kier molecular flexibility index (Phi) is 3.53. The molecule has 0 radical (unpaired) electrons. The highest BCUT2D eigenvalue weighted by Gasteiger charge is 2.25. The minimum atomic E-state index is 0.0326. The molecule has 3 heteroatoms. The monoisotopic (exact) mass is 238 g/mol. The lowest BCUT2D eigenvalue weighted by Crippen LogP contribution is -2.47. The Bertz CT molecular complexity index is 353. The molecule has 16 heavy (non-hydrogen) atoms. The van der Waals surface area contributed by atoms with Crippen molar-refractivity contribution in [2.24, 2.45) is 5.73 Å². The fraction of sp³-hybridized carbons (Fsp3) is 0.538. The Balaban J connectivity index is 1.92. The van der Waals surface area contributed by atoms with Gasteiger partial charge >= 0.3 is 0 Å². The molecule has 1 aromatic carbocycles. The SMILES string of the molecule is CC1(N)CCN(Cc2cccc(Cl)c2)CC1. The second-order valence-corrected chi connectivity index (χ2v) is 5.50. The van der Waals surface area contributed by atoms with Gasteiger partial charge in [-0.1, -0.05) is 23.7 Å². The first-order valence-corrected chi connectivity index (χ1v) is 6.19. The van der Waals surface area contributed by atoms with E-state index >= 15 is 0 Å². The van der Waals surface area contributed by atoms with Gasteiger partial charge in [0.15, 0.2) is 0 Å². The Morgan fingerprint density at radius 1 is 1.38 bits per heavy atom. The van der Waals surface area contributed by atoms with E-state index in [1.807, 2.05) is 18.2 Å². The third kappa shape index (κ3) is 3.21. The van der Waals surface area contributed by atoms with Crippen LogP contribution in [0.25, 0.3) is 0 Å². The number of piperidine rings is 1. The predicted octanol–water partition coefficient (Wildman–Crippen LogP) is 2.65. The third-order valence-electron chi connectivity index (χ3n) is 3.29. The summed E-state index contributed by atoms with van der Waals surface area (Å²) >= 11 is 5.97. The number of nitrogens with two attached hydrogens (primary N) is 1. The summed E-state index contributed by atoms with van der Waals surface area (Å²) in [5, 5.41) is 0.818. The Morgan fingerprint density at radius 2 is 2.06 bits per heavy atom. The molecule has 1 saturated heterocycles. The standard InChI is InChI=1S/C13H19ClN2/c1-13(15)5-7-16(8-6-13)10-11-3-2-4-12(14)9-11/h2-4,9H,5-8,10,15H2,1H3. The van der Waals surface area contributed by atoms with Crippen molar-refractivity contribution in [1.29, 1.82) is 0 Å². The molecule has 0 aromatic heterocycles. The third-order valence-corrected chi connectivity index (χ3v) is 3.53. The zero-order valence-electron chi connectivity index (χ0n) is 9.75. The number of likely N-dealkylation sites (tertiary alicyclic amines) is 1. The van der Waals surface area contributed by atoms with E-state index in [2.05, 4.69) is 17.9 Å². The van der Waals surface area contributed by atoms with E-state index in [1.165, 1.54) is 5.56 Å². The average Bonchev–Trinajstić information content (AvgIpc) is 2.21. The maximum atomic E-state index is 6.11. The van der Waals surface area contributed by atoms with E-state index in [9.17, 15) is 0 Å². The van der Waals surface area contributed by atoms with Crippen LogP contribution in [-0.2, 0) is 6.54 Å². The molecule has 2 N–H and O–H groups in total. The van der Waals surface area contributed by atoms with Crippen LogP contribution in [-0.4, -0.2) is 23.5 Å². The first-order valence-electron chi connectivity index (χ1n) is 5.81. The van der Waals surface area contributed by atoms with Crippen LogP contribution in [0.3, 0.4) is 0 Å². The Hall–Kier alpha value is -0.570. The molecular formula is C13H19ClN2. The summed E-state index contributed by atoms with van der Waals surface area (Å²) in [6.07, 6.45) is 2.15. The molecule has 0 atom stereocenters. The smallest absolute Gasteiger partial charge is 0.0409 e. The van der Waals surface area contributed by atoms with Crippen molar-refractivity contribution in [2.45, 2.75) is 31.8 Å². The van der Waals surface area contributed by atoms with Crippen LogP contribution in [0, 0.1) is 0 Å². The van der Waals surface area contributed by atoms with Gasteiger partial charge in [-0.2, -0.15) is 0 Å². The topological polar surface area (TPSA) is 29.3 Å². The van der Waals surface area contributed by atoms with Gasteiger partial charge < -0.3 is 5.73 Å². The molecule has 0 amide bonds. The van der Waals surface area contributed by atoms with Crippen molar-refractivity contribution in [3.8, 4) is 0 Å². The number of halogens is 1. The highest BCUT2D eigenvalue weighted by atomic mass is 35.5.